The lowest BCUT2D eigenvalue weighted by molar-refractivity contribution is 0.231. The molecule has 1 heterocycles. The molecule has 0 radical (unpaired) electrons. The van der Waals surface area contributed by atoms with Gasteiger partial charge in [0.25, 0.3) is 0 Å². The maximum atomic E-state index is 11.6. The SMILES string of the molecule is Cc1nn(C)c(C)c1CNC(=O)NC(C)(C)C. The minimum atomic E-state index is -0.219. The van der Waals surface area contributed by atoms with Crippen molar-refractivity contribution in [3.8, 4) is 0 Å². The smallest absolute Gasteiger partial charge is 0.315 e. The molecule has 17 heavy (non-hydrogen) atoms. The predicted molar refractivity (Wildman–Crippen MR) is 67.8 cm³/mol. The average Bonchev–Trinajstić information content (AvgIpc) is 2.36. The van der Waals surface area contributed by atoms with Crippen molar-refractivity contribution >= 4 is 6.03 Å². The fraction of sp³-hybridized carbons (Fsp3) is 0.667. The molecule has 0 bridgehead atoms. The summed E-state index contributed by atoms with van der Waals surface area (Å²) < 4.78 is 1.83. The third-order valence-corrected chi connectivity index (χ3v) is 2.57. The van der Waals surface area contributed by atoms with E-state index in [9.17, 15) is 4.79 Å². The highest BCUT2D eigenvalue weighted by Crippen LogP contribution is 2.11. The van der Waals surface area contributed by atoms with E-state index in [1.807, 2.05) is 46.3 Å². The van der Waals surface area contributed by atoms with Crippen LogP contribution in [0, 0.1) is 13.8 Å². The average molecular weight is 238 g/mol. The summed E-state index contributed by atoms with van der Waals surface area (Å²) in [5.41, 5.74) is 2.90. The molecule has 2 N–H and O–H groups in total. The van der Waals surface area contributed by atoms with E-state index >= 15 is 0 Å². The molecular formula is C12H22N4O. The third kappa shape index (κ3) is 3.76. The number of nitrogens with one attached hydrogen (secondary N) is 2. The van der Waals surface area contributed by atoms with Crippen LogP contribution in [0.3, 0.4) is 0 Å². The summed E-state index contributed by atoms with van der Waals surface area (Å²) in [6, 6.07) is -0.153. The van der Waals surface area contributed by atoms with E-state index in [4.69, 9.17) is 0 Å². The van der Waals surface area contributed by atoms with Crippen LogP contribution in [0.25, 0.3) is 0 Å². The van der Waals surface area contributed by atoms with E-state index in [1.54, 1.807) is 0 Å². The van der Waals surface area contributed by atoms with Crippen molar-refractivity contribution in [1.29, 1.82) is 0 Å². The molecule has 0 saturated heterocycles. The Kier molecular flexibility index (Phi) is 3.80. The Hall–Kier alpha value is -1.52. The molecule has 5 nitrogen and oxygen atoms in total. The number of carbonyl (C=O) groups excluding carboxylic acids is 1. The fourth-order valence-electron chi connectivity index (χ4n) is 1.63. The second-order valence-corrected chi connectivity index (χ2v) is 5.33. The standard InChI is InChI=1S/C12H22N4O/c1-8-10(9(2)16(6)15-8)7-13-11(17)14-12(3,4)5/h7H2,1-6H3,(H2,13,14,17). The largest absolute Gasteiger partial charge is 0.334 e. The first-order valence-corrected chi connectivity index (χ1v) is 5.76. The van der Waals surface area contributed by atoms with Crippen molar-refractivity contribution in [1.82, 2.24) is 20.4 Å². The number of urea groups is 1. The van der Waals surface area contributed by atoms with Gasteiger partial charge in [0.05, 0.1) is 5.69 Å². The molecule has 0 aliphatic rings. The molecular weight excluding hydrogens is 216 g/mol. The van der Waals surface area contributed by atoms with Crippen molar-refractivity contribution in [2.75, 3.05) is 0 Å². The van der Waals surface area contributed by atoms with E-state index in [0.717, 1.165) is 17.0 Å². The molecule has 0 spiro atoms. The second-order valence-electron chi connectivity index (χ2n) is 5.33. The van der Waals surface area contributed by atoms with Gasteiger partial charge in [0.1, 0.15) is 0 Å². The van der Waals surface area contributed by atoms with Crippen LogP contribution in [-0.2, 0) is 13.6 Å². The number of amides is 2. The van der Waals surface area contributed by atoms with Crippen molar-refractivity contribution in [3.63, 3.8) is 0 Å². The molecule has 0 aliphatic heterocycles. The van der Waals surface area contributed by atoms with E-state index < -0.39 is 0 Å². The zero-order valence-corrected chi connectivity index (χ0v) is 11.5. The molecule has 1 aromatic rings. The normalized spacial score (nSPS) is 11.4. The van der Waals surface area contributed by atoms with Crippen molar-refractivity contribution in [2.45, 2.75) is 46.7 Å². The fourth-order valence-corrected chi connectivity index (χ4v) is 1.63. The maximum Gasteiger partial charge on any atom is 0.315 e. The summed E-state index contributed by atoms with van der Waals surface area (Å²) in [6.45, 7) is 10.3. The maximum absolute atomic E-state index is 11.6. The van der Waals surface area contributed by atoms with Crippen LogP contribution >= 0.6 is 0 Å². The predicted octanol–water partition coefficient (Wildman–Crippen LogP) is 1.63. The Morgan fingerprint density at radius 3 is 2.35 bits per heavy atom. The van der Waals surface area contributed by atoms with Gasteiger partial charge in [-0.1, -0.05) is 0 Å². The van der Waals surface area contributed by atoms with Crippen molar-refractivity contribution in [2.24, 2.45) is 7.05 Å². The Labute approximate surface area is 103 Å². The Morgan fingerprint density at radius 1 is 1.35 bits per heavy atom. The van der Waals surface area contributed by atoms with Gasteiger partial charge in [-0.3, -0.25) is 4.68 Å². The van der Waals surface area contributed by atoms with E-state index in [1.165, 1.54) is 0 Å². The van der Waals surface area contributed by atoms with Gasteiger partial charge in [0.2, 0.25) is 0 Å². The zero-order valence-electron chi connectivity index (χ0n) is 11.5. The van der Waals surface area contributed by atoms with Crippen LogP contribution in [0.5, 0.6) is 0 Å². The van der Waals surface area contributed by atoms with Gasteiger partial charge in [-0.2, -0.15) is 5.10 Å². The number of nitrogens with zero attached hydrogens (tertiary/aromatic N) is 2. The Bertz CT molecular complexity index is 415. The first-order valence-electron chi connectivity index (χ1n) is 5.76. The number of carbonyl (C=O) groups is 1. The quantitative estimate of drug-likeness (QED) is 0.822. The summed E-state index contributed by atoms with van der Waals surface area (Å²) >= 11 is 0. The summed E-state index contributed by atoms with van der Waals surface area (Å²) in [7, 11) is 1.90. The van der Waals surface area contributed by atoms with Crippen LogP contribution in [0.15, 0.2) is 0 Å². The highest BCUT2D eigenvalue weighted by atomic mass is 16.2. The first kappa shape index (κ1) is 13.5. The monoisotopic (exact) mass is 238 g/mol. The summed E-state index contributed by atoms with van der Waals surface area (Å²) in [6.07, 6.45) is 0. The third-order valence-electron chi connectivity index (χ3n) is 2.57. The summed E-state index contributed by atoms with van der Waals surface area (Å²) in [5.74, 6) is 0. The Balaban J connectivity index is 2.59. The summed E-state index contributed by atoms with van der Waals surface area (Å²) in [4.78, 5) is 11.6. The van der Waals surface area contributed by atoms with Crippen LogP contribution in [0.1, 0.15) is 37.7 Å². The van der Waals surface area contributed by atoms with E-state index in [0.29, 0.717) is 6.54 Å². The molecule has 5 heteroatoms. The minimum Gasteiger partial charge on any atom is -0.334 e. The molecule has 0 saturated carbocycles. The molecule has 2 amide bonds. The topological polar surface area (TPSA) is 59.0 Å². The zero-order chi connectivity index (χ0) is 13.2. The molecule has 0 fully saturated rings. The second kappa shape index (κ2) is 4.77. The van der Waals surface area contributed by atoms with Gasteiger partial charge in [-0.15, -0.1) is 0 Å². The van der Waals surface area contributed by atoms with Crippen LogP contribution in [-0.4, -0.2) is 21.4 Å². The number of hydrogen-bond donors (Lipinski definition) is 2. The van der Waals surface area contributed by atoms with Gasteiger partial charge >= 0.3 is 6.03 Å². The van der Waals surface area contributed by atoms with Gasteiger partial charge in [0, 0.05) is 30.4 Å². The molecule has 1 aromatic heterocycles. The highest BCUT2D eigenvalue weighted by molar-refractivity contribution is 5.74. The van der Waals surface area contributed by atoms with E-state index in [2.05, 4.69) is 15.7 Å². The lowest BCUT2D eigenvalue weighted by Crippen LogP contribution is -2.46. The van der Waals surface area contributed by atoms with Crippen LogP contribution in [0.4, 0.5) is 4.79 Å². The number of aromatic nitrogens is 2. The van der Waals surface area contributed by atoms with Gasteiger partial charge < -0.3 is 10.6 Å². The van der Waals surface area contributed by atoms with Crippen LogP contribution < -0.4 is 10.6 Å². The molecule has 0 atom stereocenters. The number of rotatable bonds is 2. The lowest BCUT2D eigenvalue weighted by atomic mass is 10.1. The Morgan fingerprint density at radius 2 is 1.94 bits per heavy atom. The first-order chi connectivity index (χ1) is 7.70. The summed E-state index contributed by atoms with van der Waals surface area (Å²) in [5, 5.41) is 10.0. The minimum absolute atomic E-state index is 0.153. The molecule has 0 unspecified atom stereocenters. The number of aryl methyl sites for hydroxylation is 2. The van der Waals surface area contributed by atoms with Gasteiger partial charge in [-0.25, -0.2) is 4.79 Å². The number of hydrogen-bond acceptors (Lipinski definition) is 2. The van der Waals surface area contributed by atoms with E-state index in [-0.39, 0.29) is 11.6 Å². The van der Waals surface area contributed by atoms with Gasteiger partial charge in [-0.05, 0) is 34.6 Å². The molecule has 0 aromatic carbocycles. The molecule has 0 aliphatic carbocycles. The van der Waals surface area contributed by atoms with Crippen molar-refractivity contribution < 1.29 is 4.79 Å². The lowest BCUT2D eigenvalue weighted by Gasteiger charge is -2.20. The highest BCUT2D eigenvalue weighted by Gasteiger charge is 2.14. The van der Waals surface area contributed by atoms with Gasteiger partial charge in [0.15, 0.2) is 0 Å². The molecule has 1 rings (SSSR count). The van der Waals surface area contributed by atoms with Crippen molar-refractivity contribution in [3.05, 3.63) is 17.0 Å². The van der Waals surface area contributed by atoms with Crippen LogP contribution in [0.2, 0.25) is 0 Å². The molecule has 96 valence electrons.